The number of carboxylic acids is 1. The second-order valence-electron chi connectivity index (χ2n) is 8.24. The van der Waals surface area contributed by atoms with Gasteiger partial charge in [0.25, 0.3) is 23.3 Å². The average molecular weight is 532 g/mol. The third kappa shape index (κ3) is 5.13. The lowest BCUT2D eigenvalue weighted by atomic mass is 9.95. The molecule has 1 aliphatic heterocycles. The Morgan fingerprint density at radius 1 is 0.897 bits per heavy atom. The summed E-state index contributed by atoms with van der Waals surface area (Å²) in [7, 11) is 0. The van der Waals surface area contributed by atoms with Crippen LogP contribution in [0.1, 0.15) is 6.42 Å². The van der Waals surface area contributed by atoms with Crippen molar-refractivity contribution in [2.45, 2.75) is 12.0 Å². The third-order valence-corrected chi connectivity index (χ3v) is 5.58. The van der Waals surface area contributed by atoms with Crippen molar-refractivity contribution in [2.75, 3.05) is 0 Å². The second-order valence-corrected chi connectivity index (χ2v) is 8.24. The zero-order chi connectivity index (χ0) is 27.6. The number of amides is 4. The lowest BCUT2D eigenvalue weighted by Crippen LogP contribution is -2.69. The number of aliphatic carboxylic acids is 1. The van der Waals surface area contributed by atoms with E-state index in [1.165, 1.54) is 30.3 Å². The van der Waals surface area contributed by atoms with Gasteiger partial charge >= 0.3 is 12.0 Å². The van der Waals surface area contributed by atoms with Gasteiger partial charge in [0, 0.05) is 5.56 Å². The number of hydrogen-bond donors (Lipinski definition) is 3. The Hall–Kier alpha value is -5.59. The number of benzene rings is 3. The monoisotopic (exact) mass is 532 g/mol. The number of carbonyl (C=O) groups is 4. The topological polar surface area (TPSA) is 170 Å². The van der Waals surface area contributed by atoms with Crippen molar-refractivity contribution in [3.8, 4) is 40.1 Å². The largest absolute Gasteiger partial charge is 0.481 e. The number of hydrogen-bond acceptors (Lipinski definition) is 9. The summed E-state index contributed by atoms with van der Waals surface area (Å²) in [6, 6.07) is 17.3. The maximum absolute atomic E-state index is 14.0. The molecule has 1 aromatic heterocycles. The molecular formula is C26H17FN4O8. The van der Waals surface area contributed by atoms with Gasteiger partial charge in [-0.25, -0.2) is 9.18 Å². The van der Waals surface area contributed by atoms with E-state index in [-0.39, 0.29) is 23.0 Å². The fourth-order valence-corrected chi connectivity index (χ4v) is 3.72. The number of halogens is 1. The Morgan fingerprint density at radius 3 is 2.10 bits per heavy atom. The SMILES string of the molecule is O=C(O)CC1(Oc2ccc(Oc3ccc(-c4nc(-c5ccccc5F)no4)cc3)cc2)C(=O)NC(=O)NC1=O. The number of carboxylic acid groups (broad SMARTS) is 1. The van der Waals surface area contributed by atoms with E-state index in [9.17, 15) is 28.7 Å². The highest BCUT2D eigenvalue weighted by Gasteiger charge is 2.54. The van der Waals surface area contributed by atoms with Crippen molar-refractivity contribution in [3.05, 3.63) is 78.6 Å². The van der Waals surface area contributed by atoms with Crippen LogP contribution >= 0.6 is 0 Å². The molecule has 196 valence electrons. The number of ether oxygens (including phenoxy) is 2. The van der Waals surface area contributed by atoms with Crippen LogP contribution in [0.3, 0.4) is 0 Å². The molecule has 0 saturated carbocycles. The molecule has 12 nitrogen and oxygen atoms in total. The molecule has 0 radical (unpaired) electrons. The number of rotatable bonds is 8. The summed E-state index contributed by atoms with van der Waals surface area (Å²) in [6.45, 7) is 0. The summed E-state index contributed by atoms with van der Waals surface area (Å²) in [5, 5.41) is 16.7. The fraction of sp³-hybridized carbons (Fsp3) is 0.0769. The number of carbonyl (C=O) groups excluding carboxylic acids is 3. The molecule has 1 aliphatic rings. The van der Waals surface area contributed by atoms with Crippen LogP contribution in [0.15, 0.2) is 77.3 Å². The molecule has 0 unspecified atom stereocenters. The van der Waals surface area contributed by atoms with Crippen LogP contribution in [-0.4, -0.2) is 44.7 Å². The van der Waals surface area contributed by atoms with Gasteiger partial charge in [0.1, 0.15) is 29.5 Å². The maximum Gasteiger partial charge on any atom is 0.328 e. The van der Waals surface area contributed by atoms with Gasteiger partial charge in [0.2, 0.25) is 5.82 Å². The first-order valence-electron chi connectivity index (χ1n) is 11.3. The van der Waals surface area contributed by atoms with Gasteiger partial charge in [-0.1, -0.05) is 17.3 Å². The Labute approximate surface area is 218 Å². The lowest BCUT2D eigenvalue weighted by Gasteiger charge is -2.32. The molecule has 39 heavy (non-hydrogen) atoms. The third-order valence-electron chi connectivity index (χ3n) is 5.58. The second kappa shape index (κ2) is 10.0. The van der Waals surface area contributed by atoms with Crippen molar-refractivity contribution in [2.24, 2.45) is 0 Å². The van der Waals surface area contributed by atoms with E-state index in [1.54, 1.807) is 42.5 Å². The summed E-state index contributed by atoms with van der Waals surface area (Å²) in [6.07, 6.45) is -1.01. The lowest BCUT2D eigenvalue weighted by molar-refractivity contribution is -0.159. The molecule has 3 aromatic carbocycles. The zero-order valence-electron chi connectivity index (χ0n) is 19.7. The fourth-order valence-electron chi connectivity index (χ4n) is 3.72. The number of aromatic nitrogens is 2. The normalized spacial score (nSPS) is 14.3. The molecule has 0 spiro atoms. The first-order chi connectivity index (χ1) is 18.7. The van der Waals surface area contributed by atoms with Crippen LogP contribution < -0.4 is 20.1 Å². The van der Waals surface area contributed by atoms with E-state index >= 15 is 0 Å². The molecule has 0 aliphatic carbocycles. The number of imide groups is 2. The van der Waals surface area contributed by atoms with Gasteiger partial charge in [-0.15, -0.1) is 0 Å². The van der Waals surface area contributed by atoms with E-state index in [4.69, 9.17) is 14.0 Å². The van der Waals surface area contributed by atoms with Gasteiger partial charge in [0.15, 0.2) is 0 Å². The molecule has 1 fully saturated rings. The molecule has 4 amide bonds. The van der Waals surface area contributed by atoms with Crippen molar-refractivity contribution < 1.29 is 42.7 Å². The first-order valence-corrected chi connectivity index (χ1v) is 11.3. The summed E-state index contributed by atoms with van der Waals surface area (Å²) in [5.41, 5.74) is -1.68. The average Bonchev–Trinajstić information content (AvgIpc) is 3.39. The van der Waals surface area contributed by atoms with Crippen LogP contribution in [0, 0.1) is 5.82 Å². The molecule has 0 atom stereocenters. The standard InChI is InChI=1S/C26H17FN4O8/c27-19-4-2-1-3-18(19)21-28-22(39-31-21)14-5-7-15(8-6-14)37-16-9-11-17(12-10-16)38-26(13-20(32)33)23(34)29-25(36)30-24(26)35/h1-12H,13H2,(H,32,33)(H2,29,30,34,35,36). The van der Waals surface area contributed by atoms with Crippen molar-refractivity contribution in [3.63, 3.8) is 0 Å². The summed E-state index contributed by atoms with van der Waals surface area (Å²) >= 11 is 0. The molecule has 13 heteroatoms. The molecule has 3 N–H and O–H groups in total. The van der Waals surface area contributed by atoms with Crippen LogP contribution in [-0.2, 0) is 14.4 Å². The Balaban J connectivity index is 1.27. The number of nitrogens with zero attached hydrogens (tertiary/aromatic N) is 2. The molecule has 5 rings (SSSR count). The molecule has 4 aromatic rings. The first kappa shape index (κ1) is 25.1. The highest BCUT2D eigenvalue weighted by Crippen LogP contribution is 2.30. The highest BCUT2D eigenvalue weighted by atomic mass is 19.1. The van der Waals surface area contributed by atoms with E-state index < -0.39 is 41.7 Å². The molecule has 0 bridgehead atoms. The zero-order valence-corrected chi connectivity index (χ0v) is 19.7. The minimum absolute atomic E-state index is 0.0133. The minimum atomic E-state index is -2.47. The van der Waals surface area contributed by atoms with Crippen LogP contribution in [0.5, 0.6) is 17.2 Å². The summed E-state index contributed by atoms with van der Waals surface area (Å²) in [4.78, 5) is 51.7. The van der Waals surface area contributed by atoms with Gasteiger partial charge in [-0.3, -0.25) is 25.0 Å². The van der Waals surface area contributed by atoms with E-state index in [0.29, 0.717) is 17.1 Å². The molecular weight excluding hydrogens is 515 g/mol. The van der Waals surface area contributed by atoms with E-state index in [1.807, 2.05) is 10.6 Å². The predicted octanol–water partition coefficient (Wildman–Crippen LogP) is 3.29. The van der Waals surface area contributed by atoms with Crippen molar-refractivity contribution in [1.82, 2.24) is 20.8 Å². The van der Waals surface area contributed by atoms with Gasteiger partial charge in [0.05, 0.1) is 5.56 Å². The quantitative estimate of drug-likeness (QED) is 0.286. The Morgan fingerprint density at radius 2 is 1.49 bits per heavy atom. The smallest absolute Gasteiger partial charge is 0.328 e. The highest BCUT2D eigenvalue weighted by molar-refractivity contribution is 6.23. The Bertz CT molecular complexity index is 1560. The van der Waals surface area contributed by atoms with Gasteiger partial charge in [-0.2, -0.15) is 4.98 Å². The maximum atomic E-state index is 14.0. The minimum Gasteiger partial charge on any atom is -0.481 e. The van der Waals surface area contributed by atoms with Crippen molar-refractivity contribution >= 4 is 23.8 Å². The van der Waals surface area contributed by atoms with E-state index in [2.05, 4.69) is 10.1 Å². The molecule has 1 saturated heterocycles. The van der Waals surface area contributed by atoms with E-state index in [0.717, 1.165) is 0 Å². The van der Waals surface area contributed by atoms with Crippen LogP contribution in [0.4, 0.5) is 9.18 Å². The summed E-state index contributed by atoms with van der Waals surface area (Å²) < 4.78 is 30.5. The van der Waals surface area contributed by atoms with Crippen molar-refractivity contribution in [1.29, 1.82) is 0 Å². The number of nitrogens with one attached hydrogen (secondary N) is 2. The molecule has 2 heterocycles. The van der Waals surface area contributed by atoms with Gasteiger partial charge in [-0.05, 0) is 60.7 Å². The number of barbiturate groups is 1. The van der Waals surface area contributed by atoms with Gasteiger partial charge < -0.3 is 19.1 Å². The van der Waals surface area contributed by atoms with Crippen LogP contribution in [0.2, 0.25) is 0 Å². The summed E-state index contributed by atoms with van der Waals surface area (Å²) in [5.74, 6) is -3.25. The Kier molecular flexibility index (Phi) is 6.46. The van der Waals surface area contributed by atoms with Crippen LogP contribution in [0.25, 0.3) is 22.8 Å². The predicted molar refractivity (Wildman–Crippen MR) is 129 cm³/mol. The number of urea groups is 1.